The van der Waals surface area contributed by atoms with Gasteiger partial charge in [0.2, 0.25) is 0 Å². The molecule has 2 N–H and O–H groups in total. The largest absolute Gasteiger partial charge is 0.505 e. The Hall–Kier alpha value is -1.62. The van der Waals surface area contributed by atoms with Gasteiger partial charge in [-0.1, -0.05) is 0 Å². The quantitative estimate of drug-likeness (QED) is 0.844. The third-order valence-electron chi connectivity index (χ3n) is 3.38. The molecule has 0 bridgehead atoms. The summed E-state index contributed by atoms with van der Waals surface area (Å²) in [5.41, 5.74) is 0.287. The molecule has 1 unspecified atom stereocenters. The molecule has 1 aliphatic rings. The Morgan fingerprint density at radius 3 is 3.06 bits per heavy atom. The lowest BCUT2D eigenvalue weighted by Crippen LogP contribution is -2.44. The number of aliphatic hydroxyl groups is 1. The Bertz CT molecular complexity index is 420. The van der Waals surface area contributed by atoms with E-state index >= 15 is 0 Å². The fourth-order valence-electron chi connectivity index (χ4n) is 2.44. The van der Waals surface area contributed by atoms with Gasteiger partial charge < -0.3 is 15.1 Å². The molecule has 1 fully saturated rings. The molecule has 1 saturated heterocycles. The van der Waals surface area contributed by atoms with Crippen molar-refractivity contribution in [2.24, 2.45) is 0 Å². The molecule has 0 saturated carbocycles. The van der Waals surface area contributed by atoms with E-state index in [1.165, 1.54) is 18.5 Å². The van der Waals surface area contributed by atoms with Crippen molar-refractivity contribution in [3.63, 3.8) is 0 Å². The zero-order chi connectivity index (χ0) is 13.0. The van der Waals surface area contributed by atoms with E-state index in [1.807, 2.05) is 0 Å². The molecule has 1 aliphatic heterocycles. The zero-order valence-electron chi connectivity index (χ0n) is 10.2. The van der Waals surface area contributed by atoms with E-state index in [9.17, 15) is 9.90 Å². The van der Waals surface area contributed by atoms with Gasteiger partial charge in [0, 0.05) is 25.4 Å². The Morgan fingerprint density at radius 2 is 2.33 bits per heavy atom. The first-order chi connectivity index (χ1) is 8.74. The normalized spacial score (nSPS) is 19.8. The van der Waals surface area contributed by atoms with E-state index < -0.39 is 0 Å². The van der Waals surface area contributed by atoms with Crippen molar-refractivity contribution in [3.8, 4) is 5.75 Å². The third-order valence-corrected chi connectivity index (χ3v) is 3.38. The topological polar surface area (TPSA) is 73.7 Å². The molecule has 0 spiro atoms. The smallest absolute Gasteiger partial charge is 0.257 e. The van der Waals surface area contributed by atoms with Crippen LogP contribution in [0.4, 0.5) is 0 Å². The number of hydrogen-bond donors (Lipinski definition) is 2. The SMILES string of the molecule is O=C(c1ccncc1O)N1CCCCC1CCO. The summed E-state index contributed by atoms with van der Waals surface area (Å²) < 4.78 is 0. The lowest BCUT2D eigenvalue weighted by Gasteiger charge is -2.35. The maximum atomic E-state index is 12.4. The highest BCUT2D eigenvalue weighted by molar-refractivity contribution is 5.96. The maximum absolute atomic E-state index is 12.4. The monoisotopic (exact) mass is 250 g/mol. The van der Waals surface area contributed by atoms with Crippen LogP contribution in [0.3, 0.4) is 0 Å². The Morgan fingerprint density at radius 1 is 1.50 bits per heavy atom. The summed E-state index contributed by atoms with van der Waals surface area (Å²) >= 11 is 0. The molecule has 0 aromatic carbocycles. The van der Waals surface area contributed by atoms with Gasteiger partial charge in [0.25, 0.3) is 5.91 Å². The van der Waals surface area contributed by atoms with Crippen molar-refractivity contribution in [1.82, 2.24) is 9.88 Å². The minimum absolute atomic E-state index is 0.0730. The Labute approximate surface area is 106 Å². The van der Waals surface area contributed by atoms with Crippen LogP contribution >= 0.6 is 0 Å². The summed E-state index contributed by atoms with van der Waals surface area (Å²) in [6.45, 7) is 0.766. The number of amides is 1. The first-order valence-electron chi connectivity index (χ1n) is 6.29. The van der Waals surface area contributed by atoms with Crippen molar-refractivity contribution >= 4 is 5.91 Å². The molecule has 0 radical (unpaired) electrons. The van der Waals surface area contributed by atoms with Gasteiger partial charge in [-0.05, 0) is 31.7 Å². The molecular weight excluding hydrogens is 232 g/mol. The molecule has 1 atom stereocenters. The van der Waals surface area contributed by atoms with E-state index in [4.69, 9.17) is 5.11 Å². The van der Waals surface area contributed by atoms with Gasteiger partial charge in [-0.3, -0.25) is 9.78 Å². The molecule has 5 heteroatoms. The fraction of sp³-hybridized carbons (Fsp3) is 0.538. The second kappa shape index (κ2) is 5.82. The molecule has 2 heterocycles. The van der Waals surface area contributed by atoms with E-state index in [-0.39, 0.29) is 29.9 Å². The van der Waals surface area contributed by atoms with Gasteiger partial charge in [-0.25, -0.2) is 0 Å². The lowest BCUT2D eigenvalue weighted by atomic mass is 9.98. The van der Waals surface area contributed by atoms with Crippen LogP contribution in [0.2, 0.25) is 0 Å². The van der Waals surface area contributed by atoms with E-state index in [0.29, 0.717) is 13.0 Å². The molecule has 1 aromatic heterocycles. The van der Waals surface area contributed by atoms with Crippen molar-refractivity contribution in [3.05, 3.63) is 24.0 Å². The highest BCUT2D eigenvalue weighted by Crippen LogP contribution is 2.24. The minimum atomic E-state index is -0.173. The van der Waals surface area contributed by atoms with Gasteiger partial charge in [0.1, 0.15) is 5.75 Å². The van der Waals surface area contributed by atoms with Crippen LogP contribution in [0.1, 0.15) is 36.0 Å². The number of hydrogen-bond acceptors (Lipinski definition) is 4. The molecule has 18 heavy (non-hydrogen) atoms. The summed E-state index contributed by atoms with van der Waals surface area (Å²) in [5.74, 6) is -0.260. The van der Waals surface area contributed by atoms with Crippen LogP contribution in [-0.2, 0) is 0 Å². The van der Waals surface area contributed by atoms with Crippen molar-refractivity contribution in [2.75, 3.05) is 13.2 Å². The maximum Gasteiger partial charge on any atom is 0.257 e. The van der Waals surface area contributed by atoms with Gasteiger partial charge in [-0.2, -0.15) is 0 Å². The van der Waals surface area contributed by atoms with Crippen molar-refractivity contribution in [2.45, 2.75) is 31.7 Å². The average molecular weight is 250 g/mol. The van der Waals surface area contributed by atoms with Crippen LogP contribution in [0.25, 0.3) is 0 Å². The minimum Gasteiger partial charge on any atom is -0.505 e. The second-order valence-corrected chi connectivity index (χ2v) is 4.55. The number of aromatic nitrogens is 1. The molecule has 1 amide bonds. The van der Waals surface area contributed by atoms with Crippen LogP contribution in [0.5, 0.6) is 5.75 Å². The summed E-state index contributed by atoms with van der Waals surface area (Å²) in [6, 6.07) is 1.60. The standard InChI is InChI=1S/C13H18N2O3/c16-8-5-10-3-1-2-7-15(10)13(18)11-4-6-14-9-12(11)17/h4,6,9-10,16-17H,1-3,5,7-8H2. The predicted molar refractivity (Wildman–Crippen MR) is 66.3 cm³/mol. The zero-order valence-corrected chi connectivity index (χ0v) is 10.2. The highest BCUT2D eigenvalue weighted by atomic mass is 16.3. The number of pyridine rings is 1. The molecule has 0 aliphatic carbocycles. The van der Waals surface area contributed by atoms with Crippen LogP contribution in [0, 0.1) is 0 Å². The van der Waals surface area contributed by atoms with Gasteiger partial charge in [0.05, 0.1) is 11.8 Å². The second-order valence-electron chi connectivity index (χ2n) is 4.55. The molecule has 5 nitrogen and oxygen atoms in total. The summed E-state index contributed by atoms with van der Waals surface area (Å²) in [7, 11) is 0. The summed E-state index contributed by atoms with van der Waals surface area (Å²) in [4.78, 5) is 17.9. The number of piperidine rings is 1. The highest BCUT2D eigenvalue weighted by Gasteiger charge is 2.28. The van der Waals surface area contributed by atoms with Crippen LogP contribution < -0.4 is 0 Å². The molecular formula is C13H18N2O3. The fourth-order valence-corrected chi connectivity index (χ4v) is 2.44. The first kappa shape index (κ1) is 12.8. The number of aromatic hydroxyl groups is 1. The van der Waals surface area contributed by atoms with Gasteiger partial charge in [-0.15, -0.1) is 0 Å². The van der Waals surface area contributed by atoms with Crippen molar-refractivity contribution < 1.29 is 15.0 Å². The number of carbonyl (C=O) groups excluding carboxylic acids is 1. The summed E-state index contributed by atoms with van der Waals surface area (Å²) in [6.07, 6.45) is 6.34. The van der Waals surface area contributed by atoms with E-state index in [1.54, 1.807) is 4.90 Å². The Kier molecular flexibility index (Phi) is 4.15. The van der Waals surface area contributed by atoms with Gasteiger partial charge in [0.15, 0.2) is 0 Å². The molecule has 1 aromatic rings. The van der Waals surface area contributed by atoms with Crippen LogP contribution in [0.15, 0.2) is 18.5 Å². The predicted octanol–water partition coefficient (Wildman–Crippen LogP) is 1.16. The lowest BCUT2D eigenvalue weighted by molar-refractivity contribution is 0.0571. The first-order valence-corrected chi connectivity index (χ1v) is 6.29. The average Bonchev–Trinajstić information content (AvgIpc) is 2.40. The Balaban J connectivity index is 2.18. The van der Waals surface area contributed by atoms with Crippen molar-refractivity contribution in [1.29, 1.82) is 0 Å². The molecule has 98 valence electrons. The molecule has 2 rings (SSSR count). The third kappa shape index (κ3) is 2.61. The van der Waals surface area contributed by atoms with E-state index in [0.717, 1.165) is 19.3 Å². The number of rotatable bonds is 3. The summed E-state index contributed by atoms with van der Waals surface area (Å²) in [5, 5.41) is 18.7. The number of nitrogens with zero attached hydrogens (tertiary/aromatic N) is 2. The number of carbonyl (C=O) groups is 1. The van der Waals surface area contributed by atoms with Crippen LogP contribution in [-0.4, -0.2) is 45.2 Å². The van der Waals surface area contributed by atoms with Gasteiger partial charge >= 0.3 is 0 Å². The number of aliphatic hydroxyl groups excluding tert-OH is 1. The van der Waals surface area contributed by atoms with E-state index in [2.05, 4.69) is 4.98 Å². The number of likely N-dealkylation sites (tertiary alicyclic amines) is 1.